The molecule has 4 nitrogen and oxygen atoms in total. The molecule has 1 saturated heterocycles. The van der Waals surface area contributed by atoms with Gasteiger partial charge in [0.1, 0.15) is 0 Å². The van der Waals surface area contributed by atoms with Crippen molar-refractivity contribution in [1.82, 2.24) is 0 Å². The Kier molecular flexibility index (Phi) is 6.80. The van der Waals surface area contributed by atoms with Gasteiger partial charge in [0.15, 0.2) is 0 Å². The van der Waals surface area contributed by atoms with Gasteiger partial charge in [0.2, 0.25) is 0 Å². The van der Waals surface area contributed by atoms with Crippen LogP contribution in [0.1, 0.15) is 59.3 Å². The molecule has 1 rings (SSSR count). The van der Waals surface area contributed by atoms with Crippen LogP contribution in [-0.2, 0) is 14.3 Å². The monoisotopic (exact) mass is 272 g/mol. The molecule has 0 aliphatic carbocycles. The molecule has 0 saturated carbocycles. The SMILES string of the molecule is CC(C)(C)C(=O)OCCCCC[C@H]1CC[C@@H](CO)O1. The van der Waals surface area contributed by atoms with Gasteiger partial charge < -0.3 is 14.6 Å². The highest BCUT2D eigenvalue weighted by Crippen LogP contribution is 2.23. The van der Waals surface area contributed by atoms with Crippen molar-refractivity contribution in [1.29, 1.82) is 0 Å². The first-order valence-corrected chi connectivity index (χ1v) is 7.37. The van der Waals surface area contributed by atoms with Gasteiger partial charge in [-0.25, -0.2) is 0 Å². The third kappa shape index (κ3) is 6.39. The predicted molar refractivity (Wildman–Crippen MR) is 73.9 cm³/mol. The molecule has 1 aliphatic rings. The van der Waals surface area contributed by atoms with Crippen LogP contribution < -0.4 is 0 Å². The van der Waals surface area contributed by atoms with Gasteiger partial charge in [0.25, 0.3) is 0 Å². The van der Waals surface area contributed by atoms with Crippen molar-refractivity contribution in [2.45, 2.75) is 71.5 Å². The first-order chi connectivity index (χ1) is 8.93. The smallest absolute Gasteiger partial charge is 0.311 e. The van der Waals surface area contributed by atoms with Gasteiger partial charge in [-0.05, 0) is 52.9 Å². The Morgan fingerprint density at radius 1 is 1.21 bits per heavy atom. The summed E-state index contributed by atoms with van der Waals surface area (Å²) in [5.41, 5.74) is -0.406. The lowest BCUT2D eigenvalue weighted by Gasteiger charge is -2.16. The van der Waals surface area contributed by atoms with E-state index >= 15 is 0 Å². The lowest BCUT2D eigenvalue weighted by molar-refractivity contribution is -0.153. The molecular weight excluding hydrogens is 244 g/mol. The molecule has 0 aromatic carbocycles. The van der Waals surface area contributed by atoms with Crippen molar-refractivity contribution in [2.75, 3.05) is 13.2 Å². The minimum atomic E-state index is -0.406. The van der Waals surface area contributed by atoms with Gasteiger partial charge in [-0.1, -0.05) is 6.42 Å². The average Bonchev–Trinajstić information content (AvgIpc) is 2.80. The zero-order valence-corrected chi connectivity index (χ0v) is 12.5. The fourth-order valence-electron chi connectivity index (χ4n) is 2.16. The van der Waals surface area contributed by atoms with Gasteiger partial charge in [-0.3, -0.25) is 4.79 Å². The molecule has 0 bridgehead atoms. The molecule has 0 radical (unpaired) electrons. The van der Waals surface area contributed by atoms with Crippen molar-refractivity contribution >= 4 is 5.97 Å². The summed E-state index contributed by atoms with van der Waals surface area (Å²) in [4.78, 5) is 11.5. The maximum atomic E-state index is 11.5. The number of ether oxygens (including phenoxy) is 2. The van der Waals surface area contributed by atoms with Gasteiger partial charge in [0.05, 0.1) is 30.8 Å². The molecule has 0 amide bonds. The topological polar surface area (TPSA) is 55.8 Å². The van der Waals surface area contributed by atoms with Crippen LogP contribution in [0.25, 0.3) is 0 Å². The average molecular weight is 272 g/mol. The lowest BCUT2D eigenvalue weighted by atomic mass is 9.97. The highest BCUT2D eigenvalue weighted by molar-refractivity contribution is 5.75. The van der Waals surface area contributed by atoms with Crippen molar-refractivity contribution in [2.24, 2.45) is 5.41 Å². The van der Waals surface area contributed by atoms with Crippen LogP contribution in [0.3, 0.4) is 0 Å². The van der Waals surface area contributed by atoms with Crippen LogP contribution in [0, 0.1) is 5.41 Å². The number of aliphatic hydroxyl groups is 1. The van der Waals surface area contributed by atoms with Crippen molar-refractivity contribution < 1.29 is 19.4 Å². The Bertz CT molecular complexity index is 270. The molecule has 0 unspecified atom stereocenters. The molecular formula is C15H28O4. The van der Waals surface area contributed by atoms with Crippen molar-refractivity contribution in [3.8, 4) is 0 Å². The minimum Gasteiger partial charge on any atom is -0.465 e. The molecule has 4 heteroatoms. The third-order valence-electron chi connectivity index (χ3n) is 3.42. The van der Waals surface area contributed by atoms with Crippen molar-refractivity contribution in [3.05, 3.63) is 0 Å². The number of esters is 1. The molecule has 112 valence electrons. The largest absolute Gasteiger partial charge is 0.465 e. The second-order valence-corrected chi connectivity index (χ2v) is 6.38. The highest BCUT2D eigenvalue weighted by atomic mass is 16.5. The van der Waals surface area contributed by atoms with Gasteiger partial charge in [-0.15, -0.1) is 0 Å². The summed E-state index contributed by atoms with van der Waals surface area (Å²) in [5, 5.41) is 8.97. The summed E-state index contributed by atoms with van der Waals surface area (Å²) >= 11 is 0. The number of hydrogen-bond donors (Lipinski definition) is 1. The molecule has 19 heavy (non-hydrogen) atoms. The molecule has 1 heterocycles. The predicted octanol–water partition coefficient (Wildman–Crippen LogP) is 2.68. The number of unbranched alkanes of at least 4 members (excludes halogenated alkanes) is 2. The second-order valence-electron chi connectivity index (χ2n) is 6.38. The van der Waals surface area contributed by atoms with E-state index in [-0.39, 0.29) is 18.7 Å². The van der Waals surface area contributed by atoms with Crippen LogP contribution >= 0.6 is 0 Å². The Morgan fingerprint density at radius 3 is 2.47 bits per heavy atom. The van der Waals surface area contributed by atoms with E-state index in [0.717, 1.165) is 38.5 Å². The number of carbonyl (C=O) groups is 1. The van der Waals surface area contributed by atoms with Crippen LogP contribution in [0.5, 0.6) is 0 Å². The van der Waals surface area contributed by atoms with Crippen molar-refractivity contribution in [3.63, 3.8) is 0 Å². The number of carbonyl (C=O) groups excluding carboxylic acids is 1. The summed E-state index contributed by atoms with van der Waals surface area (Å²) in [6.45, 7) is 6.25. The Hall–Kier alpha value is -0.610. The lowest BCUT2D eigenvalue weighted by Crippen LogP contribution is -2.23. The van der Waals surface area contributed by atoms with Crippen LogP contribution in [0.15, 0.2) is 0 Å². The maximum absolute atomic E-state index is 11.5. The molecule has 0 aromatic rings. The van der Waals surface area contributed by atoms with E-state index in [1.165, 1.54) is 0 Å². The number of hydrogen-bond acceptors (Lipinski definition) is 4. The summed E-state index contributed by atoms with van der Waals surface area (Å²) in [7, 11) is 0. The quantitative estimate of drug-likeness (QED) is 0.572. The van der Waals surface area contributed by atoms with E-state index in [1.807, 2.05) is 20.8 Å². The van der Waals surface area contributed by atoms with E-state index < -0.39 is 5.41 Å². The van der Waals surface area contributed by atoms with Gasteiger partial charge >= 0.3 is 5.97 Å². The molecule has 0 aromatic heterocycles. The fraction of sp³-hybridized carbons (Fsp3) is 0.933. The summed E-state index contributed by atoms with van der Waals surface area (Å²) in [5.74, 6) is -0.127. The Morgan fingerprint density at radius 2 is 1.89 bits per heavy atom. The first kappa shape index (κ1) is 16.4. The van der Waals surface area contributed by atoms with Crippen LogP contribution in [0.2, 0.25) is 0 Å². The van der Waals surface area contributed by atoms with E-state index in [4.69, 9.17) is 14.6 Å². The second kappa shape index (κ2) is 7.85. The molecule has 0 spiro atoms. The van der Waals surface area contributed by atoms with E-state index in [2.05, 4.69) is 0 Å². The van der Waals surface area contributed by atoms with E-state index in [1.54, 1.807) is 0 Å². The zero-order valence-electron chi connectivity index (χ0n) is 12.5. The molecule has 1 N–H and O–H groups in total. The Balaban J connectivity index is 1.96. The normalized spacial score (nSPS) is 23.6. The summed E-state index contributed by atoms with van der Waals surface area (Å²) in [6.07, 6.45) is 6.51. The maximum Gasteiger partial charge on any atom is 0.311 e. The first-order valence-electron chi connectivity index (χ1n) is 7.37. The van der Waals surface area contributed by atoms with Crippen LogP contribution in [0.4, 0.5) is 0 Å². The highest BCUT2D eigenvalue weighted by Gasteiger charge is 2.24. The molecule has 2 atom stereocenters. The van der Waals surface area contributed by atoms with E-state index in [9.17, 15) is 4.79 Å². The summed E-state index contributed by atoms with van der Waals surface area (Å²) in [6, 6.07) is 0. The molecule has 1 fully saturated rings. The van der Waals surface area contributed by atoms with E-state index in [0.29, 0.717) is 12.7 Å². The zero-order chi connectivity index (χ0) is 14.3. The van der Waals surface area contributed by atoms with Crippen LogP contribution in [-0.4, -0.2) is 36.5 Å². The minimum absolute atomic E-state index is 0.0535. The van der Waals surface area contributed by atoms with Gasteiger partial charge in [0, 0.05) is 0 Å². The fourth-order valence-corrected chi connectivity index (χ4v) is 2.16. The number of aliphatic hydroxyl groups excluding tert-OH is 1. The third-order valence-corrected chi connectivity index (χ3v) is 3.42. The standard InChI is InChI=1S/C15H28O4/c1-15(2,3)14(17)18-10-6-4-5-7-12-8-9-13(11-16)19-12/h12-13,16H,4-11H2,1-3H3/t12-,13-/m0/s1. The van der Waals surface area contributed by atoms with Gasteiger partial charge in [-0.2, -0.15) is 0 Å². The number of rotatable bonds is 7. The molecule has 1 aliphatic heterocycles. The summed E-state index contributed by atoms with van der Waals surface area (Å²) < 4.78 is 10.9. The Labute approximate surface area is 116 Å².